The van der Waals surface area contributed by atoms with E-state index in [1.807, 2.05) is 103 Å². The molecule has 1 amide bonds. The standard InChI is InChI=1S/C57H65N6O9P/c1-38(2)63(39(3)4)73(70-33-15-30-58)72-51-34-53(71-52(51)37-69-57(41-16-9-8-10-17-41,42-22-26-44(66-6)27-23-42)43-24-28-45(67-7)29-25-43)62-35-40(5)54(64)61-55(62)59-31-32-60-56(65)68-36-50-48-20-13-11-18-46(48)47-19-12-14-21-49(47)50/h8-14,16-29,35,38-39,50-53H,15,31-34,36-37H2,1-7H3,(H,60,65)(H,59,61,64)/t51-,52+,53+,73?/m0/s1. The van der Waals surface area contributed by atoms with Crippen molar-refractivity contribution in [2.75, 3.05) is 52.4 Å². The fraction of sp³-hybridized carbons (Fsp3) is 0.368. The van der Waals surface area contributed by atoms with Gasteiger partial charge in [0.05, 0.1) is 46.0 Å². The van der Waals surface area contributed by atoms with Crippen molar-refractivity contribution in [1.82, 2.24) is 19.5 Å². The number of aryl methyl sites for hydroxylation is 1. The topological polar surface area (TPSA) is 168 Å². The van der Waals surface area contributed by atoms with Gasteiger partial charge < -0.3 is 43.4 Å². The van der Waals surface area contributed by atoms with E-state index in [1.54, 1.807) is 31.9 Å². The van der Waals surface area contributed by atoms with Crippen LogP contribution in [0, 0.1) is 18.3 Å². The van der Waals surface area contributed by atoms with Crippen molar-refractivity contribution in [2.45, 2.75) is 89.5 Å². The average Bonchev–Trinajstić information content (AvgIpc) is 3.96. The third-order valence-electron chi connectivity index (χ3n) is 13.2. The molecule has 1 aliphatic carbocycles. The summed E-state index contributed by atoms with van der Waals surface area (Å²) in [6.07, 6.45) is -0.317. The van der Waals surface area contributed by atoms with E-state index >= 15 is 0 Å². The largest absolute Gasteiger partial charge is 0.497 e. The molecular weight excluding hydrogens is 944 g/mol. The number of benzene rings is 5. The minimum absolute atomic E-state index is 0.0400. The Morgan fingerprint density at radius 3 is 1.97 bits per heavy atom. The number of nitriles is 1. The monoisotopic (exact) mass is 1010 g/mol. The van der Waals surface area contributed by atoms with Crippen molar-refractivity contribution in [1.29, 1.82) is 5.26 Å². The number of amides is 1. The minimum atomic E-state index is -1.71. The lowest BCUT2D eigenvalue weighted by Crippen LogP contribution is -2.39. The molecule has 4 atom stereocenters. The van der Waals surface area contributed by atoms with Crippen molar-refractivity contribution in [3.8, 4) is 28.7 Å². The number of hydrogen-bond donors (Lipinski definition) is 2. The van der Waals surface area contributed by atoms with Crippen LogP contribution in [0.25, 0.3) is 11.1 Å². The van der Waals surface area contributed by atoms with Crippen LogP contribution in [-0.2, 0) is 28.9 Å². The molecule has 382 valence electrons. The smallest absolute Gasteiger partial charge is 0.407 e. The number of nitrogens with zero attached hydrogens (tertiary/aromatic N) is 4. The molecule has 0 spiro atoms. The van der Waals surface area contributed by atoms with Gasteiger partial charge >= 0.3 is 6.09 Å². The third kappa shape index (κ3) is 11.9. The first-order valence-corrected chi connectivity index (χ1v) is 25.9. The Kier molecular flexibility index (Phi) is 17.6. The third-order valence-corrected chi connectivity index (χ3v) is 15.3. The van der Waals surface area contributed by atoms with Crippen LogP contribution < -0.4 is 25.7 Å². The number of methoxy groups -OCH3 is 2. The second-order valence-corrected chi connectivity index (χ2v) is 19.9. The summed E-state index contributed by atoms with van der Waals surface area (Å²) >= 11 is 0. The summed E-state index contributed by atoms with van der Waals surface area (Å²) in [6.45, 7) is 10.9. The Morgan fingerprint density at radius 2 is 1.40 bits per heavy atom. The number of fused-ring (bicyclic) bond motifs is 3. The molecule has 1 aliphatic heterocycles. The van der Waals surface area contributed by atoms with Gasteiger partial charge in [-0.05, 0) is 97.8 Å². The number of carbonyl (C=O) groups excluding carboxylic acids is 1. The van der Waals surface area contributed by atoms with Crippen LogP contribution in [0.5, 0.6) is 11.5 Å². The zero-order valence-electron chi connectivity index (χ0n) is 42.5. The lowest BCUT2D eigenvalue weighted by molar-refractivity contribution is -0.0916. The Balaban J connectivity index is 1.07. The lowest BCUT2D eigenvalue weighted by Gasteiger charge is -2.39. The number of anilines is 1. The maximum Gasteiger partial charge on any atom is 0.407 e. The summed E-state index contributed by atoms with van der Waals surface area (Å²) in [5, 5.41) is 15.6. The summed E-state index contributed by atoms with van der Waals surface area (Å²) < 4.78 is 49.0. The molecule has 15 nitrogen and oxygen atoms in total. The molecule has 2 heterocycles. The molecule has 1 fully saturated rings. The first kappa shape index (κ1) is 52.7. The highest BCUT2D eigenvalue weighted by Crippen LogP contribution is 2.51. The van der Waals surface area contributed by atoms with Crippen LogP contribution in [0.2, 0.25) is 0 Å². The zero-order chi connectivity index (χ0) is 51.5. The van der Waals surface area contributed by atoms with E-state index in [4.69, 9.17) is 32.7 Å². The Morgan fingerprint density at radius 1 is 0.822 bits per heavy atom. The lowest BCUT2D eigenvalue weighted by atomic mass is 9.80. The number of nitrogens with one attached hydrogen (secondary N) is 2. The molecule has 0 saturated carbocycles. The van der Waals surface area contributed by atoms with Crippen molar-refractivity contribution in [3.63, 3.8) is 0 Å². The molecule has 6 aromatic rings. The summed E-state index contributed by atoms with van der Waals surface area (Å²) in [6, 6.07) is 44.4. The molecular formula is C57H65N6O9P. The molecule has 0 bridgehead atoms. The van der Waals surface area contributed by atoms with E-state index in [0.29, 0.717) is 23.5 Å². The molecule has 1 aromatic heterocycles. The molecule has 8 rings (SSSR count). The molecule has 2 aliphatic rings. The molecule has 16 heteroatoms. The van der Waals surface area contributed by atoms with Gasteiger partial charge in [-0.25, -0.2) is 9.46 Å². The molecule has 73 heavy (non-hydrogen) atoms. The van der Waals surface area contributed by atoms with E-state index < -0.39 is 44.2 Å². The second-order valence-electron chi connectivity index (χ2n) is 18.5. The van der Waals surface area contributed by atoms with Gasteiger partial charge in [0.2, 0.25) is 5.95 Å². The predicted octanol–water partition coefficient (Wildman–Crippen LogP) is 10.5. The Labute approximate surface area is 429 Å². The highest BCUT2D eigenvalue weighted by Gasteiger charge is 2.45. The predicted molar refractivity (Wildman–Crippen MR) is 282 cm³/mol. The van der Waals surface area contributed by atoms with Gasteiger partial charge in [0, 0.05) is 49.3 Å². The number of hydrogen-bond acceptors (Lipinski definition) is 13. The molecule has 1 saturated heterocycles. The number of rotatable bonds is 23. The fourth-order valence-corrected chi connectivity index (χ4v) is 11.5. The van der Waals surface area contributed by atoms with Crippen LogP contribution in [-0.4, -0.2) is 91.7 Å². The number of carbonyl (C=O) groups is 1. The van der Waals surface area contributed by atoms with Crippen LogP contribution in [0.15, 0.2) is 138 Å². The van der Waals surface area contributed by atoms with Crippen LogP contribution in [0.1, 0.15) is 86.1 Å². The summed E-state index contributed by atoms with van der Waals surface area (Å²) in [5.41, 5.74) is 5.98. The van der Waals surface area contributed by atoms with Gasteiger partial charge in [-0.1, -0.05) is 103 Å². The van der Waals surface area contributed by atoms with Gasteiger partial charge in [0.1, 0.15) is 36.0 Å². The number of aromatic nitrogens is 2. The summed E-state index contributed by atoms with van der Waals surface area (Å²) in [4.78, 5) is 30.8. The normalized spacial score (nSPS) is 16.8. The number of alkyl carbamates (subject to hydrolysis) is 1. The quantitative estimate of drug-likeness (QED) is 0.0354. The van der Waals surface area contributed by atoms with Gasteiger partial charge in [-0.15, -0.1) is 0 Å². The van der Waals surface area contributed by atoms with Crippen molar-refractivity contribution < 1.29 is 37.5 Å². The first-order chi connectivity index (χ1) is 35.4. The second kappa shape index (κ2) is 24.4. The van der Waals surface area contributed by atoms with E-state index in [0.717, 1.165) is 38.9 Å². The Bertz CT molecular complexity index is 2780. The van der Waals surface area contributed by atoms with E-state index in [9.17, 15) is 14.9 Å². The molecule has 5 aromatic carbocycles. The van der Waals surface area contributed by atoms with Crippen molar-refractivity contribution >= 4 is 20.6 Å². The van der Waals surface area contributed by atoms with Crippen molar-refractivity contribution in [3.05, 3.63) is 177 Å². The number of ether oxygens (including phenoxy) is 5. The van der Waals surface area contributed by atoms with E-state index in [1.165, 1.54) is 0 Å². The average molecular weight is 1010 g/mol. The highest BCUT2D eigenvalue weighted by molar-refractivity contribution is 7.44. The Hall–Kier alpha value is -6.63. The van der Waals surface area contributed by atoms with Crippen LogP contribution in [0.4, 0.5) is 10.7 Å². The fourth-order valence-electron chi connectivity index (χ4n) is 9.73. The van der Waals surface area contributed by atoms with E-state index in [2.05, 4.69) is 78.3 Å². The molecule has 1 unspecified atom stereocenters. The van der Waals surface area contributed by atoms with Gasteiger partial charge in [-0.3, -0.25) is 9.36 Å². The minimum Gasteiger partial charge on any atom is -0.497 e. The summed E-state index contributed by atoms with van der Waals surface area (Å²) in [7, 11) is 1.56. The van der Waals surface area contributed by atoms with Crippen molar-refractivity contribution in [2.24, 2.45) is 0 Å². The maximum atomic E-state index is 13.2. The van der Waals surface area contributed by atoms with Gasteiger partial charge in [-0.2, -0.15) is 10.2 Å². The SMILES string of the molecule is COc1ccc(C(OC[C@H]2O[C@@H](n3cc(C)c(=O)nc3NCCNC(=O)OCC3c4ccccc4-c4ccccc43)C[C@@H]2OP(OCCC#N)N(C(C)C)C(C)C)(c2ccccc2)c2ccc(OC)cc2)cc1. The summed E-state index contributed by atoms with van der Waals surface area (Å²) in [5.74, 6) is 1.57. The molecule has 2 N–H and O–H groups in total. The highest BCUT2D eigenvalue weighted by atomic mass is 31.2. The van der Waals surface area contributed by atoms with Gasteiger partial charge in [0.25, 0.3) is 14.1 Å². The van der Waals surface area contributed by atoms with Crippen LogP contribution >= 0.6 is 8.53 Å². The zero-order valence-corrected chi connectivity index (χ0v) is 43.4. The van der Waals surface area contributed by atoms with Gasteiger partial charge in [0.15, 0.2) is 0 Å². The van der Waals surface area contributed by atoms with E-state index in [-0.39, 0.29) is 63.3 Å². The molecule has 0 radical (unpaired) electrons. The first-order valence-electron chi connectivity index (χ1n) is 24.8. The maximum absolute atomic E-state index is 13.2. The van der Waals surface area contributed by atoms with Crippen LogP contribution in [0.3, 0.4) is 0 Å².